The zero-order valence-corrected chi connectivity index (χ0v) is 10.9. The number of rotatable bonds is 7. The molecular weight excluding hydrogens is 269 g/mol. The van der Waals surface area contributed by atoms with Gasteiger partial charge in [-0.2, -0.15) is 0 Å². The lowest BCUT2D eigenvalue weighted by Crippen LogP contribution is -2.46. The van der Waals surface area contributed by atoms with Crippen LogP contribution in [0, 0.1) is 5.82 Å². The Hall–Kier alpha value is -2.15. The molecule has 20 heavy (non-hydrogen) atoms. The lowest BCUT2D eigenvalue weighted by molar-refractivity contribution is -0.143. The molecule has 0 aliphatic rings. The summed E-state index contributed by atoms with van der Waals surface area (Å²) in [7, 11) is 0. The van der Waals surface area contributed by atoms with Gasteiger partial charge in [-0.25, -0.2) is 9.18 Å². The molecule has 0 fully saturated rings. The molecule has 1 unspecified atom stereocenters. The average Bonchev–Trinajstić information content (AvgIpc) is 2.40. The van der Waals surface area contributed by atoms with E-state index in [1.807, 2.05) is 0 Å². The first-order valence-corrected chi connectivity index (χ1v) is 6.00. The van der Waals surface area contributed by atoms with E-state index < -0.39 is 29.8 Å². The predicted octanol–water partition coefficient (Wildman–Crippen LogP) is 0.545. The van der Waals surface area contributed by atoms with Gasteiger partial charge in [-0.1, -0.05) is 0 Å². The van der Waals surface area contributed by atoms with E-state index in [2.05, 4.69) is 5.32 Å². The van der Waals surface area contributed by atoms with Gasteiger partial charge in [0.2, 0.25) is 0 Å². The summed E-state index contributed by atoms with van der Waals surface area (Å²) in [4.78, 5) is 22.6. The first-order valence-electron chi connectivity index (χ1n) is 6.00. The number of halogens is 1. The van der Waals surface area contributed by atoms with Crippen molar-refractivity contribution in [1.82, 2.24) is 5.32 Å². The monoisotopic (exact) mass is 285 g/mol. The number of carboxylic acids is 1. The Morgan fingerprint density at radius 2 is 1.95 bits per heavy atom. The number of carbonyl (C=O) groups excluding carboxylic acids is 1. The molecule has 2 atom stereocenters. The second-order valence-electron chi connectivity index (χ2n) is 4.13. The van der Waals surface area contributed by atoms with Gasteiger partial charge in [0, 0.05) is 13.0 Å². The molecule has 7 heteroatoms. The first kappa shape index (κ1) is 15.9. The molecule has 0 saturated carbocycles. The van der Waals surface area contributed by atoms with E-state index in [4.69, 9.17) is 14.9 Å². The molecular formula is C13H16FNO5. The maximum atomic E-state index is 12.7. The standard InChI is InChI=1S/C13H16FNO5/c1-8(20-10-4-2-9(14)3-5-10)12(17)15-11(6-7-16)13(18)19/h2-5,8,11,16H,6-7H2,1H3,(H,15,17)(H,18,19)/t8?,11-/m1/s1. The number of aliphatic hydroxyl groups excluding tert-OH is 1. The summed E-state index contributed by atoms with van der Waals surface area (Å²) in [6.45, 7) is 1.08. The molecule has 0 bridgehead atoms. The quantitative estimate of drug-likeness (QED) is 0.679. The van der Waals surface area contributed by atoms with Crippen LogP contribution in [-0.4, -0.2) is 40.8 Å². The van der Waals surface area contributed by atoms with Crippen LogP contribution in [0.5, 0.6) is 5.75 Å². The minimum atomic E-state index is -1.23. The highest BCUT2D eigenvalue weighted by Gasteiger charge is 2.23. The van der Waals surface area contributed by atoms with Gasteiger partial charge in [0.1, 0.15) is 17.6 Å². The molecule has 6 nitrogen and oxygen atoms in total. The van der Waals surface area contributed by atoms with E-state index >= 15 is 0 Å². The molecule has 1 aromatic rings. The lowest BCUT2D eigenvalue weighted by Gasteiger charge is -2.18. The number of amides is 1. The van der Waals surface area contributed by atoms with Gasteiger partial charge in [0.25, 0.3) is 5.91 Å². The van der Waals surface area contributed by atoms with E-state index in [0.717, 1.165) is 0 Å². The van der Waals surface area contributed by atoms with Crippen molar-refractivity contribution in [2.45, 2.75) is 25.5 Å². The highest BCUT2D eigenvalue weighted by Crippen LogP contribution is 2.13. The summed E-state index contributed by atoms with van der Waals surface area (Å²) in [6, 6.07) is 3.92. The zero-order valence-electron chi connectivity index (χ0n) is 10.9. The Labute approximate surface area is 115 Å². The van der Waals surface area contributed by atoms with Crippen LogP contribution in [0.2, 0.25) is 0 Å². The number of aliphatic carboxylic acids is 1. The van der Waals surface area contributed by atoms with Crippen LogP contribution >= 0.6 is 0 Å². The van der Waals surface area contributed by atoms with Gasteiger partial charge in [-0.05, 0) is 31.2 Å². The molecule has 0 spiro atoms. The van der Waals surface area contributed by atoms with Gasteiger partial charge in [0.05, 0.1) is 0 Å². The van der Waals surface area contributed by atoms with E-state index in [1.165, 1.54) is 31.2 Å². The Kier molecular flexibility index (Phi) is 5.92. The largest absolute Gasteiger partial charge is 0.481 e. The normalized spacial score (nSPS) is 13.3. The van der Waals surface area contributed by atoms with Crippen molar-refractivity contribution in [3.8, 4) is 5.75 Å². The third-order valence-electron chi connectivity index (χ3n) is 2.53. The lowest BCUT2D eigenvalue weighted by atomic mass is 10.2. The Balaban J connectivity index is 2.57. The number of hydrogen-bond acceptors (Lipinski definition) is 4. The number of ether oxygens (including phenoxy) is 1. The fourth-order valence-electron chi connectivity index (χ4n) is 1.45. The third-order valence-corrected chi connectivity index (χ3v) is 2.53. The second kappa shape index (κ2) is 7.44. The van der Waals surface area contributed by atoms with Gasteiger partial charge in [-0.3, -0.25) is 4.79 Å². The number of carbonyl (C=O) groups is 2. The average molecular weight is 285 g/mol. The highest BCUT2D eigenvalue weighted by molar-refractivity contribution is 5.86. The molecule has 0 aliphatic carbocycles. The molecule has 1 rings (SSSR count). The Morgan fingerprint density at radius 1 is 1.35 bits per heavy atom. The number of aliphatic hydroxyl groups is 1. The number of carboxylic acid groups (broad SMARTS) is 1. The van der Waals surface area contributed by atoms with Gasteiger partial charge >= 0.3 is 5.97 Å². The number of hydrogen-bond donors (Lipinski definition) is 3. The minimum absolute atomic E-state index is 0.0929. The van der Waals surface area contributed by atoms with Gasteiger partial charge in [-0.15, -0.1) is 0 Å². The molecule has 0 saturated heterocycles. The molecule has 3 N–H and O–H groups in total. The Bertz CT molecular complexity index is 462. The first-order chi connectivity index (χ1) is 9.43. The molecule has 0 aliphatic heterocycles. The fourth-order valence-corrected chi connectivity index (χ4v) is 1.45. The maximum absolute atomic E-state index is 12.7. The van der Waals surface area contributed by atoms with Gasteiger partial charge < -0.3 is 20.3 Å². The molecule has 1 amide bonds. The van der Waals surface area contributed by atoms with Crippen LogP contribution in [0.3, 0.4) is 0 Å². The predicted molar refractivity (Wildman–Crippen MR) is 67.8 cm³/mol. The molecule has 0 aromatic heterocycles. The summed E-state index contributed by atoms with van der Waals surface area (Å²) in [5.74, 6) is -2.00. The van der Waals surface area contributed by atoms with Crippen molar-refractivity contribution in [2.75, 3.05) is 6.61 Å². The van der Waals surface area contributed by atoms with Crippen molar-refractivity contribution in [3.05, 3.63) is 30.1 Å². The summed E-state index contributed by atoms with van der Waals surface area (Å²) in [5.41, 5.74) is 0. The van der Waals surface area contributed by atoms with E-state index in [0.29, 0.717) is 5.75 Å². The van der Waals surface area contributed by atoms with Crippen LogP contribution in [0.15, 0.2) is 24.3 Å². The van der Waals surface area contributed by atoms with Crippen molar-refractivity contribution < 1.29 is 28.9 Å². The maximum Gasteiger partial charge on any atom is 0.326 e. The summed E-state index contributed by atoms with van der Waals surface area (Å²) < 4.78 is 18.0. The molecule has 0 heterocycles. The Morgan fingerprint density at radius 3 is 2.45 bits per heavy atom. The van der Waals surface area contributed by atoms with Crippen LogP contribution in [-0.2, 0) is 9.59 Å². The SMILES string of the molecule is CC(Oc1ccc(F)cc1)C(=O)N[C@H](CCO)C(=O)O. The molecule has 110 valence electrons. The van der Waals surface area contributed by atoms with Crippen molar-refractivity contribution in [1.29, 1.82) is 0 Å². The van der Waals surface area contributed by atoms with Gasteiger partial charge in [0.15, 0.2) is 6.10 Å². The van der Waals surface area contributed by atoms with E-state index in [9.17, 15) is 14.0 Å². The zero-order chi connectivity index (χ0) is 15.1. The summed E-state index contributed by atoms with van der Waals surface area (Å²) >= 11 is 0. The molecule has 1 aromatic carbocycles. The van der Waals surface area contributed by atoms with Crippen molar-refractivity contribution in [3.63, 3.8) is 0 Å². The third kappa shape index (κ3) is 4.85. The summed E-state index contributed by atoms with van der Waals surface area (Å²) in [6.07, 6.45) is -1.04. The van der Waals surface area contributed by atoms with E-state index in [1.54, 1.807) is 0 Å². The minimum Gasteiger partial charge on any atom is -0.481 e. The smallest absolute Gasteiger partial charge is 0.326 e. The molecule has 0 radical (unpaired) electrons. The van der Waals surface area contributed by atoms with Crippen LogP contribution in [0.25, 0.3) is 0 Å². The highest BCUT2D eigenvalue weighted by atomic mass is 19.1. The topological polar surface area (TPSA) is 95.9 Å². The fraction of sp³-hybridized carbons (Fsp3) is 0.385. The van der Waals surface area contributed by atoms with Crippen LogP contribution in [0.1, 0.15) is 13.3 Å². The number of nitrogens with one attached hydrogen (secondary N) is 1. The second-order valence-corrected chi connectivity index (χ2v) is 4.13. The van der Waals surface area contributed by atoms with Crippen molar-refractivity contribution >= 4 is 11.9 Å². The van der Waals surface area contributed by atoms with Crippen molar-refractivity contribution in [2.24, 2.45) is 0 Å². The van der Waals surface area contributed by atoms with Crippen LogP contribution in [0.4, 0.5) is 4.39 Å². The van der Waals surface area contributed by atoms with Crippen LogP contribution < -0.4 is 10.1 Å². The number of benzene rings is 1. The van der Waals surface area contributed by atoms with E-state index in [-0.39, 0.29) is 13.0 Å². The summed E-state index contributed by atoms with van der Waals surface area (Å²) in [5, 5.41) is 19.8.